The van der Waals surface area contributed by atoms with Gasteiger partial charge in [-0.3, -0.25) is 0 Å². The molecule has 0 aliphatic rings. The molecule has 74 valence electrons. The molecule has 1 aromatic heterocycles. The van der Waals surface area contributed by atoms with Crippen LogP contribution in [0.3, 0.4) is 0 Å². The summed E-state index contributed by atoms with van der Waals surface area (Å²) >= 11 is 7.33. The van der Waals surface area contributed by atoms with Gasteiger partial charge < -0.3 is 5.73 Å². The van der Waals surface area contributed by atoms with Crippen LogP contribution in [0.4, 0.5) is 5.00 Å². The minimum atomic E-state index is 0. The average molecular weight is 246 g/mol. The van der Waals surface area contributed by atoms with Crippen molar-refractivity contribution < 1.29 is 0 Å². The van der Waals surface area contributed by atoms with Crippen molar-refractivity contribution >= 4 is 40.3 Å². The van der Waals surface area contributed by atoms with Crippen LogP contribution < -0.4 is 5.73 Å². The summed E-state index contributed by atoms with van der Waals surface area (Å²) in [5.41, 5.74) is 7.94. The molecule has 2 N–H and O–H groups in total. The molecule has 1 nitrogen and oxygen atoms in total. The maximum Gasteiger partial charge on any atom is 0.0862 e. The highest BCUT2D eigenvalue weighted by molar-refractivity contribution is 7.14. The van der Waals surface area contributed by atoms with Gasteiger partial charge in [-0.25, -0.2) is 0 Å². The SMILES string of the molecule is Cl.Nc1cc(-c2ccc(Cl)cc2)cs1. The Labute approximate surface area is 97.9 Å². The second-order valence-electron chi connectivity index (χ2n) is 2.74. The van der Waals surface area contributed by atoms with E-state index in [0.29, 0.717) is 0 Å². The molecule has 0 bridgehead atoms. The minimum Gasteiger partial charge on any atom is -0.391 e. The van der Waals surface area contributed by atoms with Gasteiger partial charge in [0.15, 0.2) is 0 Å². The fraction of sp³-hybridized carbons (Fsp3) is 0. The van der Waals surface area contributed by atoms with Crippen molar-refractivity contribution in [1.82, 2.24) is 0 Å². The van der Waals surface area contributed by atoms with Gasteiger partial charge in [0.2, 0.25) is 0 Å². The molecule has 0 spiro atoms. The second kappa shape index (κ2) is 4.69. The van der Waals surface area contributed by atoms with Crippen molar-refractivity contribution in [1.29, 1.82) is 0 Å². The smallest absolute Gasteiger partial charge is 0.0862 e. The molecule has 0 atom stereocenters. The van der Waals surface area contributed by atoms with Crippen LogP contribution >= 0.6 is 35.3 Å². The van der Waals surface area contributed by atoms with Crippen LogP contribution in [0.25, 0.3) is 11.1 Å². The van der Waals surface area contributed by atoms with E-state index in [1.54, 1.807) is 11.3 Å². The molecule has 0 amide bonds. The second-order valence-corrected chi connectivity index (χ2v) is 4.12. The van der Waals surface area contributed by atoms with Crippen LogP contribution in [-0.2, 0) is 0 Å². The molecular formula is C10H9Cl2NS. The normalized spacial score (nSPS) is 9.50. The Hall–Kier alpha value is -0.700. The quantitative estimate of drug-likeness (QED) is 0.806. The molecule has 4 heteroatoms. The van der Waals surface area contributed by atoms with E-state index in [4.69, 9.17) is 17.3 Å². The third kappa shape index (κ3) is 2.41. The number of hydrogen-bond acceptors (Lipinski definition) is 2. The van der Waals surface area contributed by atoms with Gasteiger partial charge in [0.05, 0.1) is 5.00 Å². The monoisotopic (exact) mass is 245 g/mol. The van der Waals surface area contributed by atoms with Crippen LogP contribution in [0, 0.1) is 0 Å². The molecule has 0 saturated heterocycles. The van der Waals surface area contributed by atoms with Gasteiger partial charge in [-0.2, -0.15) is 0 Å². The van der Waals surface area contributed by atoms with Crippen molar-refractivity contribution in [3.63, 3.8) is 0 Å². The summed E-state index contributed by atoms with van der Waals surface area (Å²) in [5.74, 6) is 0. The predicted octanol–water partition coefficient (Wildman–Crippen LogP) is 4.07. The number of hydrogen-bond donors (Lipinski definition) is 1. The van der Waals surface area contributed by atoms with E-state index >= 15 is 0 Å². The summed E-state index contributed by atoms with van der Waals surface area (Å²) in [5, 5.41) is 3.63. The third-order valence-corrected chi connectivity index (χ3v) is 2.81. The molecule has 0 fully saturated rings. The fourth-order valence-electron chi connectivity index (χ4n) is 1.15. The highest BCUT2D eigenvalue weighted by Crippen LogP contribution is 2.27. The van der Waals surface area contributed by atoms with Crippen molar-refractivity contribution in [3.05, 3.63) is 40.7 Å². The zero-order chi connectivity index (χ0) is 9.26. The van der Waals surface area contributed by atoms with Crippen LogP contribution in [0.2, 0.25) is 5.02 Å². The van der Waals surface area contributed by atoms with E-state index in [0.717, 1.165) is 21.2 Å². The van der Waals surface area contributed by atoms with Gasteiger partial charge in [0.1, 0.15) is 0 Å². The van der Waals surface area contributed by atoms with Gasteiger partial charge >= 0.3 is 0 Å². The maximum absolute atomic E-state index is 5.78. The summed E-state index contributed by atoms with van der Waals surface area (Å²) in [6, 6.07) is 9.71. The number of halogens is 2. The Bertz CT molecular complexity index is 408. The summed E-state index contributed by atoms with van der Waals surface area (Å²) in [6.45, 7) is 0. The van der Waals surface area contributed by atoms with E-state index in [1.165, 1.54) is 0 Å². The summed E-state index contributed by atoms with van der Waals surface area (Å²) in [6.07, 6.45) is 0. The highest BCUT2D eigenvalue weighted by Gasteiger charge is 1.99. The number of benzene rings is 1. The van der Waals surface area contributed by atoms with Crippen LogP contribution in [-0.4, -0.2) is 0 Å². The Morgan fingerprint density at radius 3 is 2.21 bits per heavy atom. The van der Waals surface area contributed by atoms with Crippen molar-refractivity contribution in [2.24, 2.45) is 0 Å². The molecule has 2 rings (SSSR count). The largest absolute Gasteiger partial charge is 0.391 e. The first-order valence-electron chi connectivity index (χ1n) is 3.85. The van der Waals surface area contributed by atoms with Gasteiger partial charge in [0, 0.05) is 10.4 Å². The van der Waals surface area contributed by atoms with Crippen LogP contribution in [0.1, 0.15) is 0 Å². The van der Waals surface area contributed by atoms with Gasteiger partial charge in [-0.15, -0.1) is 23.7 Å². The molecule has 1 aromatic carbocycles. The lowest BCUT2D eigenvalue weighted by molar-refractivity contribution is 1.67. The van der Waals surface area contributed by atoms with E-state index in [1.807, 2.05) is 35.7 Å². The zero-order valence-electron chi connectivity index (χ0n) is 7.24. The predicted molar refractivity (Wildman–Crippen MR) is 66.4 cm³/mol. The Balaban J connectivity index is 0.000000980. The first kappa shape index (κ1) is 11.4. The molecule has 1 heterocycles. The maximum atomic E-state index is 5.78. The number of thiophene rings is 1. The molecule has 0 aliphatic heterocycles. The molecule has 0 radical (unpaired) electrons. The summed E-state index contributed by atoms with van der Waals surface area (Å²) < 4.78 is 0. The van der Waals surface area contributed by atoms with Crippen molar-refractivity contribution in [3.8, 4) is 11.1 Å². The van der Waals surface area contributed by atoms with Gasteiger partial charge in [-0.1, -0.05) is 23.7 Å². The zero-order valence-corrected chi connectivity index (χ0v) is 9.62. The summed E-state index contributed by atoms with van der Waals surface area (Å²) in [7, 11) is 0. The van der Waals surface area contributed by atoms with E-state index in [2.05, 4.69) is 0 Å². The Kier molecular flexibility index (Phi) is 3.81. The third-order valence-electron chi connectivity index (χ3n) is 1.80. The van der Waals surface area contributed by atoms with E-state index < -0.39 is 0 Å². The molecule has 0 aliphatic carbocycles. The lowest BCUT2D eigenvalue weighted by Gasteiger charge is -1.96. The van der Waals surface area contributed by atoms with Crippen LogP contribution in [0.5, 0.6) is 0 Å². The van der Waals surface area contributed by atoms with Crippen LogP contribution in [0.15, 0.2) is 35.7 Å². The lowest BCUT2D eigenvalue weighted by Crippen LogP contribution is -1.75. The Morgan fingerprint density at radius 1 is 1.07 bits per heavy atom. The molecule has 14 heavy (non-hydrogen) atoms. The number of anilines is 1. The molecular weight excluding hydrogens is 237 g/mol. The van der Waals surface area contributed by atoms with Crippen molar-refractivity contribution in [2.75, 3.05) is 5.73 Å². The highest BCUT2D eigenvalue weighted by atomic mass is 35.5. The van der Waals surface area contributed by atoms with Crippen molar-refractivity contribution in [2.45, 2.75) is 0 Å². The van der Waals surface area contributed by atoms with Gasteiger partial charge in [-0.05, 0) is 29.3 Å². The number of nitrogen functional groups attached to an aromatic ring is 1. The first-order valence-corrected chi connectivity index (χ1v) is 5.11. The number of nitrogens with two attached hydrogens (primary N) is 1. The Morgan fingerprint density at radius 2 is 1.71 bits per heavy atom. The van der Waals surface area contributed by atoms with E-state index in [9.17, 15) is 0 Å². The average Bonchev–Trinajstić information content (AvgIpc) is 2.53. The minimum absolute atomic E-state index is 0. The summed E-state index contributed by atoms with van der Waals surface area (Å²) in [4.78, 5) is 0. The first-order chi connectivity index (χ1) is 6.25. The number of rotatable bonds is 1. The standard InChI is InChI=1S/C10H8ClNS.ClH/c11-9-3-1-7(2-4-9)8-5-10(12)13-6-8;/h1-6H,12H2;1H. The molecule has 2 aromatic rings. The fourth-order valence-corrected chi connectivity index (χ4v) is 1.93. The topological polar surface area (TPSA) is 26.0 Å². The van der Waals surface area contributed by atoms with Gasteiger partial charge in [0.25, 0.3) is 0 Å². The molecule has 0 saturated carbocycles. The lowest BCUT2D eigenvalue weighted by atomic mass is 10.1. The van der Waals surface area contributed by atoms with E-state index in [-0.39, 0.29) is 12.4 Å². The molecule has 0 unspecified atom stereocenters.